The van der Waals surface area contributed by atoms with Crippen molar-refractivity contribution in [3.8, 4) is 5.75 Å². The Balaban J connectivity index is 1.64. The van der Waals surface area contributed by atoms with Crippen LogP contribution in [0.4, 0.5) is 0 Å². The van der Waals surface area contributed by atoms with Crippen LogP contribution in [0.5, 0.6) is 5.75 Å². The van der Waals surface area contributed by atoms with Crippen LogP contribution in [0.3, 0.4) is 0 Å². The number of phenols is 1. The molecule has 3 aromatic carbocycles. The van der Waals surface area contributed by atoms with Gasteiger partial charge in [-0.25, -0.2) is 4.79 Å². The number of benzene rings is 3. The van der Waals surface area contributed by atoms with E-state index in [2.05, 4.69) is 57.8 Å². The minimum atomic E-state index is -1.48. The van der Waals surface area contributed by atoms with Gasteiger partial charge in [-0.15, -0.1) is 0 Å². The van der Waals surface area contributed by atoms with Gasteiger partial charge in [0.15, 0.2) is 5.96 Å². The summed E-state index contributed by atoms with van der Waals surface area (Å²) in [6.07, 6.45) is 6.72. The first-order valence-corrected chi connectivity index (χ1v) is 34.9. The summed E-state index contributed by atoms with van der Waals surface area (Å²) in [6, 6.07) is 9.12. The molecule has 0 saturated heterocycles. The Labute approximate surface area is 577 Å². The molecule has 24 N–H and O–H groups in total. The Hall–Kier alpha value is -8.84. The second-order valence-corrected chi connectivity index (χ2v) is 26.0. The number of aliphatic imine (C=N–C) groups is 1. The highest BCUT2D eigenvalue weighted by Gasteiger charge is 2.37. The zero-order valence-corrected chi connectivity index (χ0v) is 57.8. The van der Waals surface area contributed by atoms with Gasteiger partial charge in [-0.3, -0.25) is 48.1 Å². The number of unbranched alkanes of at least 4 members (excludes halogenated alkanes) is 3. The van der Waals surface area contributed by atoms with Crippen LogP contribution in [-0.4, -0.2) is 179 Å². The molecule has 98 heavy (non-hydrogen) atoms. The number of nitrogens with two attached hydrogens (primary N) is 6. The van der Waals surface area contributed by atoms with Gasteiger partial charge in [-0.05, 0) is 149 Å². The van der Waals surface area contributed by atoms with Crippen molar-refractivity contribution < 1.29 is 58.2 Å². The van der Waals surface area contributed by atoms with E-state index in [0.29, 0.717) is 80.5 Å². The maximum Gasteiger partial charge on any atom is 0.326 e. The van der Waals surface area contributed by atoms with E-state index < -0.39 is 131 Å². The van der Waals surface area contributed by atoms with Gasteiger partial charge in [0.25, 0.3) is 0 Å². The number of aliphatic carboxylic acids is 1. The average Bonchev–Trinajstić information content (AvgIpc) is 1.60. The van der Waals surface area contributed by atoms with Gasteiger partial charge in [-0.1, -0.05) is 94.8 Å². The highest BCUT2D eigenvalue weighted by atomic mass is 32.2. The highest BCUT2D eigenvalue weighted by molar-refractivity contribution is 7.98. The molecular formula is C68H105N17O12S. The molecule has 0 unspecified atom stereocenters. The van der Waals surface area contributed by atoms with Gasteiger partial charge in [-0.2, -0.15) is 11.8 Å². The van der Waals surface area contributed by atoms with E-state index in [-0.39, 0.29) is 76.2 Å². The molecule has 9 amide bonds. The normalized spacial score (nSPS) is 14.4. The van der Waals surface area contributed by atoms with Crippen LogP contribution in [0.2, 0.25) is 0 Å². The number of para-hydroxylation sites is 1. The van der Waals surface area contributed by atoms with Gasteiger partial charge in [0.1, 0.15) is 60.1 Å². The lowest BCUT2D eigenvalue weighted by Crippen LogP contribution is -2.61. The number of fused-ring (bicyclic) bond motifs is 1. The number of amides is 9. The number of phenolic OH excluding ortho intramolecular Hbond substituents is 1. The number of carboxylic acid groups (broad SMARTS) is 1. The van der Waals surface area contributed by atoms with E-state index in [1.807, 2.05) is 24.3 Å². The summed E-state index contributed by atoms with van der Waals surface area (Å²) >= 11 is 1.38. The van der Waals surface area contributed by atoms with Crippen LogP contribution in [-0.2, 0) is 67.2 Å². The van der Waals surface area contributed by atoms with Crippen molar-refractivity contribution in [3.63, 3.8) is 0 Å². The fourth-order valence-corrected chi connectivity index (χ4v) is 11.2. The van der Waals surface area contributed by atoms with Crippen LogP contribution in [0, 0.1) is 11.8 Å². The van der Waals surface area contributed by atoms with E-state index in [0.717, 1.165) is 10.9 Å². The third-order valence-corrected chi connectivity index (χ3v) is 17.1. The van der Waals surface area contributed by atoms with Crippen LogP contribution in [0.25, 0.3) is 10.9 Å². The average molecular weight is 1380 g/mol. The largest absolute Gasteiger partial charge is 0.508 e. The molecule has 4 rings (SSSR count). The first kappa shape index (κ1) is 81.6. The van der Waals surface area contributed by atoms with E-state index in [9.17, 15) is 58.2 Å². The SMILES string of the molecule is CSCC[C@H](NC(=O)[C@@H](NC(=O)[C@H](CCCN=C(N)N)NC(=O)[C@H](Cc1ccc(O)cc1)NC(=O)[C@H](CCCCN)NC(=O)[C@@H](NC(=O)[C@H](Cc1c[nH]c2ccccc12)NC(=O)[C@@H](N)CCCCN)C(C)C)C(C)C)C(=O)N[C@@H](Cc1ccccc1)C(=O)N[C@@H](CCCCN)C(=O)O. The topological polar surface area (TPSA) is 504 Å². The number of carbonyl (C=O) groups excluding carboxylic acids is 9. The summed E-state index contributed by atoms with van der Waals surface area (Å²) in [4.78, 5) is 149. The number of aromatic amines is 1. The van der Waals surface area contributed by atoms with Crippen molar-refractivity contribution in [2.24, 2.45) is 51.2 Å². The Kier molecular flexibility index (Phi) is 36.2. The quantitative estimate of drug-likeness (QED) is 0.0159. The van der Waals surface area contributed by atoms with Crippen molar-refractivity contribution in [2.75, 3.05) is 38.2 Å². The molecular weight excluding hydrogens is 1280 g/mol. The molecule has 1 aromatic heterocycles. The summed E-state index contributed by atoms with van der Waals surface area (Å²) in [5.41, 5.74) is 37.4. The number of aromatic nitrogens is 1. The predicted molar refractivity (Wildman–Crippen MR) is 378 cm³/mol. The van der Waals surface area contributed by atoms with Crippen LogP contribution in [0.15, 0.2) is 90.1 Å². The number of carboxylic acids is 1. The molecule has 0 aliphatic rings. The first-order valence-electron chi connectivity index (χ1n) is 33.5. The molecule has 0 aliphatic carbocycles. The fourth-order valence-electron chi connectivity index (χ4n) is 10.8. The van der Waals surface area contributed by atoms with Crippen molar-refractivity contribution in [1.29, 1.82) is 0 Å². The molecule has 0 aliphatic heterocycles. The van der Waals surface area contributed by atoms with E-state index in [1.165, 1.54) is 36.0 Å². The molecule has 10 atom stereocenters. The monoisotopic (exact) mass is 1380 g/mol. The first-order chi connectivity index (χ1) is 46.8. The number of thioether (sulfide) groups is 1. The Morgan fingerprint density at radius 3 is 1.39 bits per heavy atom. The number of nitrogens with one attached hydrogen (secondary N) is 10. The summed E-state index contributed by atoms with van der Waals surface area (Å²) in [6.45, 7) is 7.67. The summed E-state index contributed by atoms with van der Waals surface area (Å²) in [5, 5.41) is 45.8. The molecule has 0 saturated carbocycles. The molecule has 540 valence electrons. The maximum absolute atomic E-state index is 14.9. The zero-order valence-electron chi connectivity index (χ0n) is 56.9. The second kappa shape index (κ2) is 43.4. The smallest absolute Gasteiger partial charge is 0.326 e. The second-order valence-electron chi connectivity index (χ2n) is 25.0. The lowest BCUT2D eigenvalue weighted by Gasteiger charge is -2.30. The minimum Gasteiger partial charge on any atom is -0.508 e. The summed E-state index contributed by atoms with van der Waals surface area (Å²) in [5.74, 6) is -9.36. The molecule has 1 heterocycles. The predicted octanol–water partition coefficient (Wildman–Crippen LogP) is 0.182. The zero-order chi connectivity index (χ0) is 72.3. The fraction of sp³-hybridized carbons (Fsp3) is 0.544. The Bertz CT molecular complexity index is 3220. The van der Waals surface area contributed by atoms with E-state index >= 15 is 0 Å². The number of carbonyl (C=O) groups is 10. The number of hydrogen-bond acceptors (Lipinski definition) is 17. The molecule has 0 spiro atoms. The van der Waals surface area contributed by atoms with Gasteiger partial charge < -0.3 is 97.5 Å². The number of H-pyrrole nitrogens is 1. The summed E-state index contributed by atoms with van der Waals surface area (Å²) in [7, 11) is 0. The van der Waals surface area contributed by atoms with E-state index in [4.69, 9.17) is 34.4 Å². The van der Waals surface area contributed by atoms with Crippen LogP contribution >= 0.6 is 11.8 Å². The van der Waals surface area contributed by atoms with E-state index in [1.54, 1.807) is 70.5 Å². The van der Waals surface area contributed by atoms with Crippen molar-refractivity contribution >= 4 is 87.8 Å². The Morgan fingerprint density at radius 1 is 0.469 bits per heavy atom. The lowest BCUT2D eigenvalue weighted by molar-refractivity contribution is -0.142. The Morgan fingerprint density at radius 2 is 0.878 bits per heavy atom. The number of nitrogens with zero attached hydrogens (tertiary/aromatic N) is 1. The molecule has 0 bridgehead atoms. The number of hydrogen-bond donors (Lipinski definition) is 18. The summed E-state index contributed by atoms with van der Waals surface area (Å²) < 4.78 is 0. The molecule has 30 heteroatoms. The van der Waals surface area contributed by atoms with Gasteiger partial charge in [0.05, 0.1) is 6.04 Å². The minimum absolute atomic E-state index is 0.00963. The van der Waals surface area contributed by atoms with Crippen LogP contribution in [0.1, 0.15) is 121 Å². The standard InChI is InChI=1S/C68H105N17O12S/c1-40(2)56(66(95)79-51(30-35-98-5)60(89)83-53(36-42-18-7-6-8-19-42)63(92)80-52(67(96)97)24-13-16-33-71)84-61(90)50(25-17-34-75-68(73)74)77-62(91)54(37-43-26-28-45(86)29-27-43)82-59(88)49(23-12-15-32-70)78-65(94)57(41(3)4)85-64(93)55(81-58(87)47(72)21-11-14-31-69)38-44-39-76-48-22-10-9-20-46(44)48/h6-10,18-20,22,26-29,39-41,47,49-57,76,86H,11-17,21,23-25,30-38,69-72H2,1-5H3,(H,77,91)(H,78,94)(H,79,95)(H,80,92)(H,81,87)(H,82,88)(H,83,89)(H,84,90)(H,85,93)(H,96,97)(H4,73,74,75)/t47-,49-,50-,51-,52-,53-,54-,55-,56-,57-/m0/s1. The maximum atomic E-state index is 14.9. The van der Waals surface area contributed by atoms with Crippen molar-refractivity contribution in [3.05, 3.63) is 102 Å². The number of rotatable bonds is 46. The number of guanidine groups is 1. The molecule has 0 fully saturated rings. The van der Waals surface area contributed by atoms with Gasteiger partial charge in [0, 0.05) is 42.9 Å². The van der Waals surface area contributed by atoms with Gasteiger partial charge in [0.2, 0.25) is 53.2 Å². The van der Waals surface area contributed by atoms with Crippen LogP contribution < -0.4 is 82.3 Å². The highest BCUT2D eigenvalue weighted by Crippen LogP contribution is 2.21. The van der Waals surface area contributed by atoms with Gasteiger partial charge >= 0.3 is 5.97 Å². The third-order valence-electron chi connectivity index (χ3n) is 16.4. The van der Waals surface area contributed by atoms with Crippen molar-refractivity contribution in [1.82, 2.24) is 52.8 Å². The molecule has 29 nitrogen and oxygen atoms in total. The molecule has 4 aromatic rings. The molecule has 0 radical (unpaired) electrons. The number of aromatic hydroxyl groups is 1. The van der Waals surface area contributed by atoms with Crippen molar-refractivity contribution in [2.45, 2.75) is 184 Å². The third kappa shape index (κ3) is 28.3. The lowest BCUT2D eigenvalue weighted by atomic mass is 9.99.